The number of halogens is 2. The summed E-state index contributed by atoms with van der Waals surface area (Å²) in [6, 6.07) is 9.82. The zero-order valence-corrected chi connectivity index (χ0v) is 26.7. The molecule has 1 saturated carbocycles. The summed E-state index contributed by atoms with van der Waals surface area (Å²) in [7, 11) is -3.85. The van der Waals surface area contributed by atoms with Crippen molar-refractivity contribution in [3.8, 4) is 0 Å². The summed E-state index contributed by atoms with van der Waals surface area (Å²) in [5.41, 5.74) is 4.72. The molecule has 1 aromatic heterocycles. The molecule has 0 unspecified atom stereocenters. The van der Waals surface area contributed by atoms with Crippen molar-refractivity contribution >= 4 is 62.2 Å². The Morgan fingerprint density at radius 1 is 1.14 bits per heavy atom. The molecule has 0 bridgehead atoms. The lowest BCUT2D eigenvalue weighted by atomic mass is 10.0. The van der Waals surface area contributed by atoms with Crippen LogP contribution in [-0.4, -0.2) is 66.5 Å². The van der Waals surface area contributed by atoms with Crippen molar-refractivity contribution in [2.24, 2.45) is 0 Å². The summed E-state index contributed by atoms with van der Waals surface area (Å²) in [6.45, 7) is 4.77. The number of β-amino-alcohol motifs (C(OH)–C–C–N with tert-alkyl or cyclic N) is 1. The molecule has 2 fully saturated rings. The van der Waals surface area contributed by atoms with E-state index >= 15 is 0 Å². The average molecular weight is 658 g/mol. The first-order chi connectivity index (χ1) is 20.9. The number of aliphatic hydroxyl groups is 1. The molecule has 44 heavy (non-hydrogen) atoms. The standard InChI is InChI=1S/C32H34Cl2N4O5S/c1-17-23(13-31(40)38-15-21(39)10-20(38)14-35-19-6-7-19)18(2)36-30(17)12-25-24-11-22(8-9-29(24)37-32(25)41)44(42,43)16-26-27(33)4-3-5-28(26)34/h3-5,8-9,11-12,19-21,35-36,39H,6-7,10,13-16H2,1-2H3,(H,37,41)/b25-12-/t20-,21+/m0/s1. The zero-order chi connectivity index (χ0) is 31.3. The van der Waals surface area contributed by atoms with E-state index in [1.807, 2.05) is 13.8 Å². The van der Waals surface area contributed by atoms with Crippen LogP contribution in [0.4, 0.5) is 5.69 Å². The van der Waals surface area contributed by atoms with Crippen LogP contribution in [0.3, 0.4) is 0 Å². The number of carbonyl (C=O) groups excluding carboxylic acids is 2. The van der Waals surface area contributed by atoms with Gasteiger partial charge in [0.2, 0.25) is 5.91 Å². The molecule has 2 amide bonds. The number of likely N-dealkylation sites (tertiary alicyclic amines) is 1. The van der Waals surface area contributed by atoms with Gasteiger partial charge in [-0.3, -0.25) is 9.59 Å². The first-order valence-electron chi connectivity index (χ1n) is 14.6. The van der Waals surface area contributed by atoms with Gasteiger partial charge in [-0.05, 0) is 80.6 Å². The largest absolute Gasteiger partial charge is 0.391 e. The van der Waals surface area contributed by atoms with Gasteiger partial charge in [0.25, 0.3) is 5.91 Å². The zero-order valence-electron chi connectivity index (χ0n) is 24.4. The summed E-state index contributed by atoms with van der Waals surface area (Å²) in [4.78, 5) is 31.6. The van der Waals surface area contributed by atoms with Gasteiger partial charge in [0.05, 0.1) is 28.7 Å². The van der Waals surface area contributed by atoms with Crippen molar-refractivity contribution < 1.29 is 23.1 Å². The molecule has 2 aromatic carbocycles. The Morgan fingerprint density at radius 2 is 1.86 bits per heavy atom. The molecule has 232 valence electrons. The SMILES string of the molecule is Cc1[nH]c(/C=C2\C(=O)Nc3ccc(S(=O)(=O)Cc4c(Cl)cccc4Cl)cc32)c(C)c1CC(=O)N1C[C@H](O)C[C@H]1CNC1CC1. The lowest BCUT2D eigenvalue weighted by Gasteiger charge is -2.25. The normalized spacial score (nSPS) is 20.8. The molecule has 6 rings (SSSR count). The highest BCUT2D eigenvalue weighted by atomic mass is 35.5. The van der Waals surface area contributed by atoms with Crippen LogP contribution in [0, 0.1) is 13.8 Å². The van der Waals surface area contributed by atoms with E-state index < -0.39 is 15.9 Å². The van der Waals surface area contributed by atoms with Crippen molar-refractivity contribution in [2.45, 2.75) is 68.4 Å². The van der Waals surface area contributed by atoms with Gasteiger partial charge in [-0.25, -0.2) is 8.42 Å². The minimum absolute atomic E-state index is 0.0406. The third-order valence-electron chi connectivity index (χ3n) is 8.71. The van der Waals surface area contributed by atoms with E-state index in [1.165, 1.54) is 12.1 Å². The Kier molecular flexibility index (Phi) is 8.40. The monoisotopic (exact) mass is 656 g/mol. The minimum Gasteiger partial charge on any atom is -0.391 e. The highest BCUT2D eigenvalue weighted by Gasteiger charge is 2.36. The summed E-state index contributed by atoms with van der Waals surface area (Å²) >= 11 is 12.5. The molecule has 0 radical (unpaired) electrons. The number of fused-ring (bicyclic) bond motifs is 1. The fourth-order valence-electron chi connectivity index (χ4n) is 6.05. The van der Waals surface area contributed by atoms with Gasteiger partial charge in [-0.15, -0.1) is 0 Å². The fraction of sp³-hybridized carbons (Fsp3) is 0.375. The number of amides is 2. The van der Waals surface area contributed by atoms with Gasteiger partial charge in [-0.1, -0.05) is 29.3 Å². The second-order valence-electron chi connectivity index (χ2n) is 11.9. The summed E-state index contributed by atoms with van der Waals surface area (Å²) in [6.07, 6.45) is 4.20. The number of hydrogen-bond donors (Lipinski definition) is 4. The maximum absolute atomic E-state index is 13.4. The van der Waals surface area contributed by atoms with Crippen LogP contribution in [0.1, 0.15) is 52.9 Å². The molecule has 0 spiro atoms. The van der Waals surface area contributed by atoms with Crippen LogP contribution < -0.4 is 10.6 Å². The number of rotatable bonds is 9. The number of nitrogens with zero attached hydrogens (tertiary/aromatic N) is 1. The number of aryl methyl sites for hydroxylation is 1. The van der Waals surface area contributed by atoms with Crippen molar-refractivity contribution in [1.29, 1.82) is 0 Å². The topological polar surface area (TPSA) is 132 Å². The predicted octanol–water partition coefficient (Wildman–Crippen LogP) is 4.66. The van der Waals surface area contributed by atoms with E-state index in [-0.39, 0.29) is 45.0 Å². The molecule has 3 heterocycles. The maximum Gasteiger partial charge on any atom is 0.256 e. The van der Waals surface area contributed by atoms with E-state index in [0.717, 1.165) is 29.7 Å². The highest BCUT2D eigenvalue weighted by Crippen LogP contribution is 2.37. The molecule has 1 aliphatic carbocycles. The van der Waals surface area contributed by atoms with Gasteiger partial charge < -0.3 is 25.6 Å². The number of nitrogens with one attached hydrogen (secondary N) is 3. The van der Waals surface area contributed by atoms with Crippen LogP contribution >= 0.6 is 23.2 Å². The van der Waals surface area contributed by atoms with Crippen LogP contribution in [0.25, 0.3) is 11.6 Å². The molecule has 2 aliphatic heterocycles. The number of benzene rings is 2. The molecular weight excluding hydrogens is 623 g/mol. The highest BCUT2D eigenvalue weighted by molar-refractivity contribution is 7.90. The van der Waals surface area contributed by atoms with E-state index in [0.29, 0.717) is 53.6 Å². The minimum atomic E-state index is -3.85. The van der Waals surface area contributed by atoms with Gasteiger partial charge in [0.15, 0.2) is 9.84 Å². The van der Waals surface area contributed by atoms with Crippen LogP contribution in [-0.2, 0) is 31.6 Å². The first kappa shape index (κ1) is 30.9. The van der Waals surface area contributed by atoms with Crippen LogP contribution in [0.5, 0.6) is 0 Å². The molecule has 4 N–H and O–H groups in total. The van der Waals surface area contributed by atoms with E-state index in [1.54, 1.807) is 35.2 Å². The van der Waals surface area contributed by atoms with E-state index in [4.69, 9.17) is 23.2 Å². The second-order valence-corrected chi connectivity index (χ2v) is 14.7. The summed E-state index contributed by atoms with van der Waals surface area (Å²) in [5.74, 6) is -0.793. The number of anilines is 1. The molecule has 9 nitrogen and oxygen atoms in total. The van der Waals surface area contributed by atoms with Crippen LogP contribution in [0.2, 0.25) is 10.0 Å². The number of H-pyrrole nitrogens is 1. The Bertz CT molecular complexity index is 1780. The smallest absolute Gasteiger partial charge is 0.256 e. The Hall–Kier alpha value is -3.15. The van der Waals surface area contributed by atoms with Crippen LogP contribution in [0.15, 0.2) is 41.3 Å². The van der Waals surface area contributed by atoms with E-state index in [9.17, 15) is 23.1 Å². The Labute approximate surface area is 266 Å². The predicted molar refractivity (Wildman–Crippen MR) is 171 cm³/mol. The van der Waals surface area contributed by atoms with Gasteiger partial charge in [0.1, 0.15) is 0 Å². The lowest BCUT2D eigenvalue weighted by Crippen LogP contribution is -2.43. The maximum atomic E-state index is 13.4. The fourth-order valence-corrected chi connectivity index (χ4v) is 8.17. The van der Waals surface area contributed by atoms with Crippen molar-refractivity contribution in [3.05, 3.63) is 80.1 Å². The molecule has 3 aliphatic rings. The van der Waals surface area contributed by atoms with Gasteiger partial charge in [-0.2, -0.15) is 0 Å². The molecule has 1 saturated heterocycles. The molecule has 3 aromatic rings. The third kappa shape index (κ3) is 6.19. The number of aliphatic hydroxyl groups excluding tert-OH is 1. The lowest BCUT2D eigenvalue weighted by molar-refractivity contribution is -0.131. The Balaban J connectivity index is 1.25. The number of sulfone groups is 1. The number of aromatic amines is 1. The first-order valence-corrected chi connectivity index (χ1v) is 17.0. The quantitative estimate of drug-likeness (QED) is 0.248. The molecular formula is C32H34Cl2N4O5S. The van der Waals surface area contributed by atoms with Gasteiger partial charge >= 0.3 is 0 Å². The number of carbonyl (C=O) groups is 2. The number of hydrogen-bond acceptors (Lipinski definition) is 6. The van der Waals surface area contributed by atoms with Crippen molar-refractivity contribution in [3.63, 3.8) is 0 Å². The second kappa shape index (κ2) is 12.0. The Morgan fingerprint density at radius 3 is 2.57 bits per heavy atom. The molecule has 12 heteroatoms. The summed E-state index contributed by atoms with van der Waals surface area (Å²) in [5, 5.41) is 17.1. The van der Waals surface area contributed by atoms with Gasteiger partial charge in [0, 0.05) is 63.4 Å². The third-order valence-corrected chi connectivity index (χ3v) is 11.1. The van der Waals surface area contributed by atoms with Crippen molar-refractivity contribution in [2.75, 3.05) is 18.4 Å². The van der Waals surface area contributed by atoms with Crippen molar-refractivity contribution in [1.82, 2.24) is 15.2 Å². The number of aromatic nitrogens is 1. The summed E-state index contributed by atoms with van der Waals surface area (Å²) < 4.78 is 26.8. The van der Waals surface area contributed by atoms with E-state index in [2.05, 4.69) is 15.6 Å². The average Bonchev–Trinajstić information content (AvgIpc) is 3.58. The molecule has 2 atom stereocenters.